The fourth-order valence-electron chi connectivity index (χ4n) is 5.92. The zero-order chi connectivity index (χ0) is 31.0. The van der Waals surface area contributed by atoms with E-state index in [2.05, 4.69) is 25.6 Å². The number of hydrogen-bond acceptors (Lipinski definition) is 9. The molecule has 1 aliphatic carbocycles. The van der Waals surface area contributed by atoms with Gasteiger partial charge in [-0.1, -0.05) is 54.6 Å². The van der Waals surface area contributed by atoms with Crippen LogP contribution in [0.25, 0.3) is 17.2 Å². The van der Waals surface area contributed by atoms with E-state index in [1.807, 2.05) is 55.5 Å². The highest BCUT2D eigenvalue weighted by molar-refractivity contribution is 5.95. The van der Waals surface area contributed by atoms with E-state index < -0.39 is 48.4 Å². The number of nitrogens with zero attached hydrogens (tertiary/aromatic N) is 4. The van der Waals surface area contributed by atoms with Crippen LogP contribution < -0.4 is 10.6 Å². The molecule has 2 aromatic heterocycles. The lowest BCUT2D eigenvalue weighted by atomic mass is 10.0. The largest absolute Gasteiger partial charge is 0.478 e. The molecule has 13 nitrogen and oxygen atoms in total. The lowest BCUT2D eigenvalue weighted by Crippen LogP contribution is -2.33. The molecule has 13 heteroatoms. The standard InChI is InChI=1S/C32H32N6O7/c1-2-33-31(41)37-27-24-28(35-17-34-27)38(18-36-24)29-26-25(44-23(45-26)13-12-19-8-4-3-5-9-19)22(43-29)16-42-32(14-15-32)21-11-7-6-10-20(21)30(39)40/h3-13,17-18,22-23,25-26,29H,2,14-16H2,1H3,(H,39,40)(H2,33,34,35,37,41)/b13-12+/t22?,23-,25?,26?,29?/m0/s1. The fourth-order valence-corrected chi connectivity index (χ4v) is 5.92. The second-order valence-electron chi connectivity index (χ2n) is 11.1. The number of amides is 2. The Labute approximate surface area is 258 Å². The molecule has 3 fully saturated rings. The van der Waals surface area contributed by atoms with Gasteiger partial charge in [-0.3, -0.25) is 9.88 Å². The Morgan fingerprint density at radius 1 is 1.04 bits per heavy atom. The number of imidazole rings is 1. The maximum atomic E-state index is 12.2. The van der Waals surface area contributed by atoms with Gasteiger partial charge >= 0.3 is 12.0 Å². The molecule has 45 heavy (non-hydrogen) atoms. The van der Waals surface area contributed by atoms with Gasteiger partial charge in [-0.2, -0.15) is 0 Å². The minimum Gasteiger partial charge on any atom is -0.478 e. The third-order valence-electron chi connectivity index (χ3n) is 8.19. The Bertz CT molecular complexity index is 1740. The van der Waals surface area contributed by atoms with Gasteiger partial charge in [0.15, 0.2) is 29.5 Å². The number of hydrogen-bond donors (Lipinski definition) is 3. The molecule has 2 aliphatic heterocycles. The third kappa shape index (κ3) is 5.66. The smallest absolute Gasteiger partial charge is 0.336 e. The van der Waals surface area contributed by atoms with Crippen molar-refractivity contribution in [2.75, 3.05) is 18.5 Å². The molecule has 1 saturated carbocycles. The number of carboxylic acid groups (broad SMARTS) is 1. The Balaban J connectivity index is 1.16. The first-order valence-electron chi connectivity index (χ1n) is 14.8. The zero-order valence-electron chi connectivity index (χ0n) is 24.4. The second-order valence-corrected chi connectivity index (χ2v) is 11.1. The molecule has 7 rings (SSSR count). The SMILES string of the molecule is CCNC(=O)Nc1ncnc2c1ncn2C1OC(COC2(c3ccccc3C(=O)O)CC2)C2O[C@H](/C=C/c3ccccc3)OC21. The number of ether oxygens (including phenoxy) is 4. The molecule has 5 atom stereocenters. The van der Waals surface area contributed by atoms with Gasteiger partial charge in [0.1, 0.15) is 24.6 Å². The summed E-state index contributed by atoms with van der Waals surface area (Å²) in [4.78, 5) is 37.3. The van der Waals surface area contributed by atoms with Crippen LogP contribution >= 0.6 is 0 Å². The van der Waals surface area contributed by atoms with Crippen LogP contribution in [0, 0.1) is 0 Å². The molecule has 4 unspecified atom stereocenters. The number of urea groups is 1. The van der Waals surface area contributed by atoms with Gasteiger partial charge in [0.25, 0.3) is 0 Å². The lowest BCUT2D eigenvalue weighted by molar-refractivity contribution is -0.146. The van der Waals surface area contributed by atoms with Gasteiger partial charge in [-0.05, 0) is 43.0 Å². The van der Waals surface area contributed by atoms with Crippen LogP contribution in [-0.4, -0.2) is 74.4 Å². The van der Waals surface area contributed by atoms with Crippen molar-refractivity contribution in [3.63, 3.8) is 0 Å². The molecular weight excluding hydrogens is 580 g/mol. The van der Waals surface area contributed by atoms with Crippen LogP contribution in [0.1, 0.15) is 47.5 Å². The summed E-state index contributed by atoms with van der Waals surface area (Å²) in [6, 6.07) is 16.4. The minimum atomic E-state index is -0.992. The molecular formula is C32H32N6O7. The molecule has 0 bridgehead atoms. The summed E-state index contributed by atoms with van der Waals surface area (Å²) in [7, 11) is 0. The number of carboxylic acids is 1. The Hall–Kier alpha value is -4.69. The van der Waals surface area contributed by atoms with E-state index in [0.717, 1.165) is 5.56 Å². The van der Waals surface area contributed by atoms with Crippen molar-refractivity contribution < 1.29 is 33.6 Å². The minimum absolute atomic E-state index is 0.149. The molecule has 2 aromatic carbocycles. The average molecular weight is 613 g/mol. The van der Waals surface area contributed by atoms with Crippen molar-refractivity contribution in [1.29, 1.82) is 0 Å². The Morgan fingerprint density at radius 3 is 2.60 bits per heavy atom. The topological polar surface area (TPSA) is 159 Å². The monoisotopic (exact) mass is 612 g/mol. The molecule has 3 aliphatic rings. The molecule has 0 radical (unpaired) electrons. The molecule has 2 amide bonds. The highest BCUT2D eigenvalue weighted by Crippen LogP contribution is 2.51. The van der Waals surface area contributed by atoms with Crippen LogP contribution in [-0.2, 0) is 24.5 Å². The molecule has 232 valence electrons. The molecule has 4 aromatic rings. The van der Waals surface area contributed by atoms with Crippen LogP contribution in [0.5, 0.6) is 0 Å². The number of fused-ring (bicyclic) bond motifs is 2. The van der Waals surface area contributed by atoms with E-state index in [1.54, 1.807) is 29.1 Å². The molecule has 2 saturated heterocycles. The number of carbonyl (C=O) groups is 2. The number of anilines is 1. The first-order chi connectivity index (χ1) is 22.0. The summed E-state index contributed by atoms with van der Waals surface area (Å²) in [6.45, 7) is 2.42. The van der Waals surface area contributed by atoms with Crippen LogP contribution in [0.4, 0.5) is 10.6 Å². The van der Waals surface area contributed by atoms with Crippen LogP contribution in [0.3, 0.4) is 0 Å². The zero-order valence-corrected chi connectivity index (χ0v) is 24.4. The maximum Gasteiger partial charge on any atom is 0.336 e. The van der Waals surface area contributed by atoms with E-state index in [4.69, 9.17) is 18.9 Å². The fraction of sp³-hybridized carbons (Fsp3) is 0.344. The van der Waals surface area contributed by atoms with E-state index in [9.17, 15) is 14.7 Å². The van der Waals surface area contributed by atoms with Gasteiger partial charge in [0.05, 0.1) is 24.1 Å². The lowest BCUT2D eigenvalue weighted by Gasteiger charge is -2.24. The van der Waals surface area contributed by atoms with Gasteiger partial charge in [-0.25, -0.2) is 24.5 Å². The van der Waals surface area contributed by atoms with Crippen LogP contribution in [0.15, 0.2) is 73.3 Å². The van der Waals surface area contributed by atoms with Gasteiger partial charge in [-0.15, -0.1) is 0 Å². The summed E-state index contributed by atoms with van der Waals surface area (Å²) in [5.74, 6) is -0.729. The van der Waals surface area contributed by atoms with Crippen molar-refractivity contribution in [2.45, 2.75) is 56.2 Å². The third-order valence-corrected chi connectivity index (χ3v) is 8.19. The number of benzene rings is 2. The van der Waals surface area contributed by atoms with E-state index >= 15 is 0 Å². The van der Waals surface area contributed by atoms with Gasteiger partial charge in [0.2, 0.25) is 0 Å². The van der Waals surface area contributed by atoms with E-state index in [-0.39, 0.29) is 18.0 Å². The van der Waals surface area contributed by atoms with Gasteiger partial charge < -0.3 is 29.4 Å². The second kappa shape index (κ2) is 12.0. The number of carbonyl (C=O) groups excluding carboxylic acids is 1. The summed E-state index contributed by atoms with van der Waals surface area (Å²) < 4.78 is 27.5. The maximum absolute atomic E-state index is 12.2. The quantitative estimate of drug-likeness (QED) is 0.238. The normalized spacial score (nSPS) is 25.0. The molecule has 0 spiro atoms. The predicted octanol–water partition coefficient (Wildman–Crippen LogP) is 4.09. The number of aromatic carboxylic acids is 1. The highest BCUT2D eigenvalue weighted by atomic mass is 16.8. The van der Waals surface area contributed by atoms with Crippen LogP contribution in [0.2, 0.25) is 0 Å². The number of aromatic nitrogens is 4. The predicted molar refractivity (Wildman–Crippen MR) is 161 cm³/mol. The Kier molecular flexibility index (Phi) is 7.75. The van der Waals surface area contributed by atoms with Gasteiger partial charge in [0, 0.05) is 6.54 Å². The molecule has 3 N–H and O–H groups in total. The highest BCUT2D eigenvalue weighted by Gasteiger charge is 2.55. The van der Waals surface area contributed by atoms with Crippen molar-refractivity contribution in [1.82, 2.24) is 24.8 Å². The summed E-state index contributed by atoms with van der Waals surface area (Å²) in [5, 5.41) is 15.2. The van der Waals surface area contributed by atoms with Crippen molar-refractivity contribution in [2.24, 2.45) is 0 Å². The molecule has 4 heterocycles. The van der Waals surface area contributed by atoms with E-state index in [1.165, 1.54) is 6.33 Å². The van der Waals surface area contributed by atoms with E-state index in [0.29, 0.717) is 36.1 Å². The summed E-state index contributed by atoms with van der Waals surface area (Å²) >= 11 is 0. The Morgan fingerprint density at radius 2 is 1.82 bits per heavy atom. The number of rotatable bonds is 10. The van der Waals surface area contributed by atoms with Crippen molar-refractivity contribution in [3.8, 4) is 0 Å². The summed E-state index contributed by atoms with van der Waals surface area (Å²) in [5.41, 5.74) is 2.03. The van der Waals surface area contributed by atoms with Crippen molar-refractivity contribution in [3.05, 3.63) is 90.0 Å². The first-order valence-corrected chi connectivity index (χ1v) is 14.8. The summed E-state index contributed by atoms with van der Waals surface area (Å²) in [6.07, 6.45) is 5.21. The average Bonchev–Trinajstić information content (AvgIpc) is 3.35. The number of nitrogens with one attached hydrogen (secondary N) is 2. The first kappa shape index (κ1) is 29.0. The van der Waals surface area contributed by atoms with Crippen molar-refractivity contribution >= 4 is 35.1 Å².